The van der Waals surface area contributed by atoms with Crippen molar-refractivity contribution in [3.05, 3.63) is 54.4 Å². The van der Waals surface area contributed by atoms with Crippen molar-refractivity contribution in [2.24, 2.45) is 0 Å². The monoisotopic (exact) mass is 327 g/mol. The highest BCUT2D eigenvalue weighted by atomic mass is 35.5. The van der Waals surface area contributed by atoms with Crippen LogP contribution in [0.15, 0.2) is 52.9 Å². The molecule has 2 heterocycles. The van der Waals surface area contributed by atoms with E-state index in [1.807, 2.05) is 37.3 Å². The summed E-state index contributed by atoms with van der Waals surface area (Å²) in [7, 11) is 0. The molecule has 23 heavy (non-hydrogen) atoms. The van der Waals surface area contributed by atoms with E-state index in [-0.39, 0.29) is 18.2 Å². The molecule has 0 aliphatic heterocycles. The fraction of sp³-hybridized carbons (Fsp3) is 0.0588. The van der Waals surface area contributed by atoms with Crippen molar-refractivity contribution in [2.45, 2.75) is 6.92 Å². The van der Waals surface area contributed by atoms with Gasteiger partial charge in [0.25, 0.3) is 0 Å². The Balaban J connectivity index is 0.00000156. The molecule has 0 aliphatic carbocycles. The summed E-state index contributed by atoms with van der Waals surface area (Å²) in [6.45, 7) is 1.83. The number of aromatic nitrogens is 2. The lowest BCUT2D eigenvalue weighted by molar-refractivity contribution is 0.477. The summed E-state index contributed by atoms with van der Waals surface area (Å²) in [5, 5.41) is 14.0. The second-order valence-electron chi connectivity index (χ2n) is 5.04. The predicted octanol–water partition coefficient (Wildman–Crippen LogP) is 4.56. The third-order valence-electron chi connectivity index (χ3n) is 3.49. The quantitative estimate of drug-likeness (QED) is 0.528. The molecule has 0 fully saturated rings. The first-order valence-electron chi connectivity index (χ1n) is 6.93. The number of aromatic hydroxyl groups is 1. The SMILES string of the molecule is Cc1nc(Nc2ccccc2O)c2oc3ccccc3c2n1.Cl. The molecule has 2 aromatic carbocycles. The van der Waals surface area contributed by atoms with Gasteiger partial charge in [-0.15, -0.1) is 12.4 Å². The Hall–Kier alpha value is -2.79. The normalized spacial score (nSPS) is 10.7. The molecule has 0 saturated heterocycles. The average Bonchev–Trinajstić information content (AvgIpc) is 2.88. The van der Waals surface area contributed by atoms with Crippen LogP contribution in [-0.4, -0.2) is 15.1 Å². The highest BCUT2D eigenvalue weighted by Crippen LogP contribution is 2.34. The van der Waals surface area contributed by atoms with Gasteiger partial charge in [0.2, 0.25) is 0 Å². The number of fused-ring (bicyclic) bond motifs is 3. The molecule has 4 rings (SSSR count). The first kappa shape index (κ1) is 15.1. The molecule has 0 amide bonds. The number of nitrogens with zero attached hydrogens (tertiary/aromatic N) is 2. The number of phenolic OH excluding ortho intramolecular Hbond substituents is 1. The Morgan fingerprint density at radius 3 is 2.57 bits per heavy atom. The lowest BCUT2D eigenvalue weighted by atomic mass is 10.2. The van der Waals surface area contributed by atoms with Gasteiger partial charge in [-0.3, -0.25) is 0 Å². The second-order valence-corrected chi connectivity index (χ2v) is 5.04. The van der Waals surface area contributed by atoms with Gasteiger partial charge in [0, 0.05) is 5.39 Å². The average molecular weight is 328 g/mol. The summed E-state index contributed by atoms with van der Waals surface area (Å²) in [5.41, 5.74) is 2.68. The molecule has 0 atom stereocenters. The smallest absolute Gasteiger partial charge is 0.196 e. The van der Waals surface area contributed by atoms with Gasteiger partial charge in [-0.1, -0.05) is 24.3 Å². The van der Waals surface area contributed by atoms with E-state index >= 15 is 0 Å². The molecule has 0 unspecified atom stereocenters. The lowest BCUT2D eigenvalue weighted by Gasteiger charge is -2.08. The zero-order valence-corrected chi connectivity index (χ0v) is 13.1. The van der Waals surface area contributed by atoms with Gasteiger partial charge in [-0.25, -0.2) is 9.97 Å². The fourth-order valence-electron chi connectivity index (χ4n) is 2.49. The number of hydrogen-bond donors (Lipinski definition) is 2. The van der Waals surface area contributed by atoms with Crippen LogP contribution in [0.1, 0.15) is 5.82 Å². The van der Waals surface area contributed by atoms with Gasteiger partial charge in [0.15, 0.2) is 11.4 Å². The molecule has 2 aromatic heterocycles. The minimum absolute atomic E-state index is 0. The number of para-hydroxylation sites is 3. The van der Waals surface area contributed by atoms with Crippen molar-refractivity contribution in [3.63, 3.8) is 0 Å². The van der Waals surface area contributed by atoms with Crippen LogP contribution in [0.2, 0.25) is 0 Å². The summed E-state index contributed by atoms with van der Waals surface area (Å²) >= 11 is 0. The van der Waals surface area contributed by atoms with Gasteiger partial charge >= 0.3 is 0 Å². The second kappa shape index (κ2) is 5.78. The van der Waals surface area contributed by atoms with Crippen LogP contribution in [0.4, 0.5) is 11.5 Å². The molecule has 116 valence electrons. The molecule has 0 radical (unpaired) electrons. The van der Waals surface area contributed by atoms with Crippen molar-refractivity contribution in [1.82, 2.24) is 9.97 Å². The number of furan rings is 1. The standard InChI is InChI=1S/C17H13N3O2.ClH/c1-10-18-15-11-6-2-5-9-14(11)22-16(15)17(19-10)20-12-7-3-4-8-13(12)21;/h2-9,21H,1H3,(H,18,19,20);1H. The largest absolute Gasteiger partial charge is 0.506 e. The van der Waals surface area contributed by atoms with E-state index in [0.717, 1.165) is 16.5 Å². The van der Waals surface area contributed by atoms with Crippen molar-refractivity contribution in [1.29, 1.82) is 0 Å². The summed E-state index contributed by atoms with van der Waals surface area (Å²) in [5.74, 6) is 1.33. The Bertz CT molecular complexity index is 998. The van der Waals surface area contributed by atoms with Crippen molar-refractivity contribution < 1.29 is 9.52 Å². The summed E-state index contributed by atoms with van der Waals surface area (Å²) in [4.78, 5) is 8.89. The Morgan fingerprint density at radius 1 is 1.00 bits per heavy atom. The Morgan fingerprint density at radius 2 is 1.74 bits per heavy atom. The number of rotatable bonds is 2. The topological polar surface area (TPSA) is 71.2 Å². The van der Waals surface area contributed by atoms with E-state index < -0.39 is 0 Å². The third kappa shape index (κ3) is 2.55. The van der Waals surface area contributed by atoms with Gasteiger partial charge in [-0.05, 0) is 31.2 Å². The molecule has 2 N–H and O–H groups in total. The molecule has 0 bridgehead atoms. The zero-order chi connectivity index (χ0) is 15.1. The van der Waals surface area contributed by atoms with E-state index in [2.05, 4.69) is 15.3 Å². The minimum atomic E-state index is 0. The van der Waals surface area contributed by atoms with Crippen LogP contribution in [0, 0.1) is 6.92 Å². The first-order chi connectivity index (χ1) is 10.7. The van der Waals surface area contributed by atoms with E-state index in [1.165, 1.54) is 0 Å². The van der Waals surface area contributed by atoms with Crippen molar-refractivity contribution in [3.8, 4) is 5.75 Å². The summed E-state index contributed by atoms with van der Waals surface area (Å²) in [6, 6.07) is 14.7. The Labute approximate surface area is 138 Å². The zero-order valence-electron chi connectivity index (χ0n) is 12.3. The van der Waals surface area contributed by atoms with Crippen LogP contribution in [-0.2, 0) is 0 Å². The first-order valence-corrected chi connectivity index (χ1v) is 6.93. The Kier molecular flexibility index (Phi) is 3.80. The van der Waals surface area contributed by atoms with Crippen LogP contribution in [0.25, 0.3) is 22.1 Å². The van der Waals surface area contributed by atoms with Gasteiger partial charge in [0.05, 0.1) is 5.69 Å². The number of aryl methyl sites for hydroxylation is 1. The van der Waals surface area contributed by atoms with Crippen molar-refractivity contribution >= 4 is 46.0 Å². The van der Waals surface area contributed by atoms with Crippen molar-refractivity contribution in [2.75, 3.05) is 5.32 Å². The lowest BCUT2D eigenvalue weighted by Crippen LogP contribution is -1.98. The molecular formula is C17H14ClN3O2. The molecule has 0 saturated carbocycles. The number of hydrogen-bond acceptors (Lipinski definition) is 5. The number of nitrogens with one attached hydrogen (secondary N) is 1. The molecule has 0 spiro atoms. The number of phenols is 1. The van der Waals surface area contributed by atoms with E-state index in [9.17, 15) is 5.11 Å². The maximum absolute atomic E-state index is 9.92. The summed E-state index contributed by atoms with van der Waals surface area (Å²) < 4.78 is 5.88. The number of anilines is 2. The fourth-order valence-corrected chi connectivity index (χ4v) is 2.49. The number of halogens is 1. The number of benzene rings is 2. The van der Waals surface area contributed by atoms with E-state index in [0.29, 0.717) is 22.9 Å². The van der Waals surface area contributed by atoms with Crippen LogP contribution >= 0.6 is 12.4 Å². The highest BCUT2D eigenvalue weighted by Gasteiger charge is 2.15. The molecule has 4 aromatic rings. The maximum atomic E-state index is 9.92. The molecular weight excluding hydrogens is 314 g/mol. The maximum Gasteiger partial charge on any atom is 0.196 e. The van der Waals surface area contributed by atoms with Crippen LogP contribution in [0.3, 0.4) is 0 Å². The predicted molar refractivity (Wildman–Crippen MR) is 92.7 cm³/mol. The van der Waals surface area contributed by atoms with Crippen LogP contribution in [0.5, 0.6) is 5.75 Å². The summed E-state index contributed by atoms with van der Waals surface area (Å²) in [6.07, 6.45) is 0. The third-order valence-corrected chi connectivity index (χ3v) is 3.49. The molecule has 0 aliphatic rings. The van der Waals surface area contributed by atoms with Gasteiger partial charge < -0.3 is 14.8 Å². The molecule has 6 heteroatoms. The highest BCUT2D eigenvalue weighted by molar-refractivity contribution is 6.06. The van der Waals surface area contributed by atoms with E-state index in [1.54, 1.807) is 18.2 Å². The minimum Gasteiger partial charge on any atom is -0.506 e. The van der Waals surface area contributed by atoms with E-state index in [4.69, 9.17) is 4.42 Å². The van der Waals surface area contributed by atoms with Crippen LogP contribution < -0.4 is 5.32 Å². The molecule has 5 nitrogen and oxygen atoms in total. The van der Waals surface area contributed by atoms with Gasteiger partial charge in [-0.2, -0.15) is 0 Å². The van der Waals surface area contributed by atoms with Gasteiger partial charge in [0.1, 0.15) is 22.7 Å².